The molecule has 12 heteroatoms. The average molecular weight is 841 g/mol. The van der Waals surface area contributed by atoms with E-state index in [1.54, 1.807) is 0 Å². The Kier molecular flexibility index (Phi) is 33.1. The van der Waals surface area contributed by atoms with Crippen molar-refractivity contribution >= 4 is 33.3 Å². The third-order valence-electron chi connectivity index (χ3n) is 9.48. The van der Waals surface area contributed by atoms with Gasteiger partial charge in [-0.05, 0) is 12.8 Å². The van der Waals surface area contributed by atoms with Crippen LogP contribution in [0.5, 0.6) is 0 Å². The SMILES string of the molecule is CCCCCCCCCCCCCCCC(=O)OC[C@H](COP(=O)(O)OCC[N+](C)(C)C)OC(=O)CCCCCCCCCCCCCC[As](C)(C)=O. The Morgan fingerprint density at radius 2 is 1.00 bits per heavy atom. The number of phosphoric ester groups is 1. The molecule has 0 aliphatic carbocycles. The summed E-state index contributed by atoms with van der Waals surface area (Å²) >= 11 is -2.45. The van der Waals surface area contributed by atoms with Gasteiger partial charge in [-0.2, -0.15) is 0 Å². The van der Waals surface area contributed by atoms with Gasteiger partial charge in [-0.25, -0.2) is 4.57 Å². The fraction of sp³-hybridized carbons (Fsp3) is 0.951. The summed E-state index contributed by atoms with van der Waals surface area (Å²) in [6, 6.07) is 0. The van der Waals surface area contributed by atoms with Crippen molar-refractivity contribution in [3.05, 3.63) is 0 Å². The first-order chi connectivity index (χ1) is 25.1. The third kappa shape index (κ3) is 40.8. The number of phosphoric acid groups is 1. The fourth-order valence-electron chi connectivity index (χ4n) is 6.08. The van der Waals surface area contributed by atoms with Crippen LogP contribution in [0, 0.1) is 0 Å². The van der Waals surface area contributed by atoms with Gasteiger partial charge in [0.15, 0.2) is 6.10 Å². The Hall–Kier alpha value is -0.632. The van der Waals surface area contributed by atoms with Crippen molar-refractivity contribution < 1.29 is 45.8 Å². The summed E-state index contributed by atoms with van der Waals surface area (Å²) in [7, 11) is 1.46. The van der Waals surface area contributed by atoms with Gasteiger partial charge < -0.3 is 18.9 Å². The fourth-order valence-corrected chi connectivity index (χ4v) is 8.89. The number of nitrogens with zero attached hydrogens (tertiary/aromatic N) is 1. The number of hydrogen-bond donors (Lipinski definition) is 1. The number of esters is 2. The Labute approximate surface area is 328 Å². The van der Waals surface area contributed by atoms with E-state index in [9.17, 15) is 22.8 Å². The van der Waals surface area contributed by atoms with Crippen molar-refractivity contribution in [2.75, 3.05) is 47.5 Å². The molecular weight excluding hydrogens is 756 g/mol. The van der Waals surface area contributed by atoms with E-state index in [-0.39, 0.29) is 32.0 Å². The van der Waals surface area contributed by atoms with Crippen LogP contribution in [0.25, 0.3) is 0 Å². The third-order valence-corrected chi connectivity index (χ3v) is 13.4. The number of likely N-dealkylation sites (N-methyl/N-ethyl adjacent to an activating group) is 1. The van der Waals surface area contributed by atoms with Crippen LogP contribution in [0.3, 0.4) is 0 Å². The molecule has 0 aliphatic rings. The first-order valence-corrected chi connectivity index (χ1v) is 28.8. The van der Waals surface area contributed by atoms with E-state index >= 15 is 0 Å². The first-order valence-electron chi connectivity index (χ1n) is 21.4. The van der Waals surface area contributed by atoms with E-state index in [2.05, 4.69) is 6.92 Å². The van der Waals surface area contributed by atoms with Crippen LogP contribution >= 0.6 is 7.82 Å². The number of quaternary nitrogens is 1. The molecule has 0 fully saturated rings. The van der Waals surface area contributed by atoms with Gasteiger partial charge >= 0.3 is 124 Å². The van der Waals surface area contributed by atoms with Gasteiger partial charge in [0.25, 0.3) is 0 Å². The summed E-state index contributed by atoms with van der Waals surface area (Å²) in [5.41, 5.74) is 3.87. The Morgan fingerprint density at radius 3 is 1.42 bits per heavy atom. The standard InChI is InChI=1S/C41H83AsNO9P/c1-7-8-9-10-11-12-13-14-17-20-23-26-29-32-40(44)49-37-39(38-51-53(47,48)50-36-35-43(4,5)6)52-41(45)33-30-27-24-21-18-15-16-19-22-25-28-31-34-42(2,3)46/h39H,7-38H2,1-6H3/p+1/t39-/m1/s1. The number of hydrogen-bond acceptors (Lipinski definition) is 8. The van der Waals surface area contributed by atoms with Crippen LogP contribution in [-0.2, 0) is 36.4 Å². The number of carbonyl (C=O) groups is 2. The summed E-state index contributed by atoms with van der Waals surface area (Å²) in [5, 5.41) is 0.930. The summed E-state index contributed by atoms with van der Waals surface area (Å²) in [5.74, 6) is -0.811. The minimum atomic E-state index is -4.37. The molecule has 0 rings (SSSR count). The number of carbonyl (C=O) groups excluding carboxylic acids is 2. The zero-order chi connectivity index (χ0) is 39.7. The molecule has 1 unspecified atom stereocenters. The zero-order valence-electron chi connectivity index (χ0n) is 35.3. The maximum absolute atomic E-state index is 12.7. The zero-order valence-corrected chi connectivity index (χ0v) is 38.0. The monoisotopic (exact) mass is 841 g/mol. The molecule has 0 heterocycles. The summed E-state index contributed by atoms with van der Waals surface area (Å²) < 4.78 is 46.1. The summed E-state index contributed by atoms with van der Waals surface area (Å²) in [6.07, 6.45) is 29.0. The van der Waals surface area contributed by atoms with Crippen LogP contribution in [0.1, 0.15) is 180 Å². The van der Waals surface area contributed by atoms with E-state index in [0.717, 1.165) is 50.2 Å². The van der Waals surface area contributed by atoms with Crippen molar-refractivity contribution in [1.82, 2.24) is 0 Å². The second kappa shape index (κ2) is 33.5. The molecule has 0 aromatic rings. The van der Waals surface area contributed by atoms with Gasteiger partial charge in [-0.1, -0.05) is 84.0 Å². The Balaban J connectivity index is 4.34. The molecule has 0 aliphatic heterocycles. The van der Waals surface area contributed by atoms with E-state index in [1.165, 1.54) is 109 Å². The van der Waals surface area contributed by atoms with Gasteiger partial charge in [0.05, 0.1) is 27.7 Å². The first kappa shape index (κ1) is 52.4. The quantitative estimate of drug-likeness (QED) is 0.0212. The predicted molar refractivity (Wildman–Crippen MR) is 219 cm³/mol. The topological polar surface area (TPSA) is 125 Å². The van der Waals surface area contributed by atoms with Crippen LogP contribution in [0.2, 0.25) is 16.6 Å². The van der Waals surface area contributed by atoms with Gasteiger partial charge in [0, 0.05) is 12.8 Å². The van der Waals surface area contributed by atoms with Crippen LogP contribution in [0.4, 0.5) is 0 Å². The Bertz CT molecular complexity index is 985. The second-order valence-electron chi connectivity index (χ2n) is 16.7. The molecule has 0 amide bonds. The predicted octanol–water partition coefficient (Wildman–Crippen LogP) is 11.5. The van der Waals surface area contributed by atoms with Crippen molar-refractivity contribution in [2.24, 2.45) is 0 Å². The molecule has 10 nitrogen and oxygen atoms in total. The molecule has 0 spiro atoms. The van der Waals surface area contributed by atoms with Gasteiger partial charge in [-0.15, -0.1) is 0 Å². The number of rotatable bonds is 39. The van der Waals surface area contributed by atoms with Crippen molar-refractivity contribution in [3.63, 3.8) is 0 Å². The van der Waals surface area contributed by atoms with Crippen LogP contribution in [-0.4, -0.2) is 88.4 Å². The average Bonchev–Trinajstić information content (AvgIpc) is 3.07. The Morgan fingerprint density at radius 1 is 0.604 bits per heavy atom. The molecule has 53 heavy (non-hydrogen) atoms. The van der Waals surface area contributed by atoms with Gasteiger partial charge in [-0.3, -0.25) is 18.6 Å². The van der Waals surface area contributed by atoms with Crippen LogP contribution < -0.4 is 0 Å². The van der Waals surface area contributed by atoms with Gasteiger partial charge in [0.2, 0.25) is 0 Å². The minimum absolute atomic E-state index is 0.0280. The van der Waals surface area contributed by atoms with Crippen molar-refractivity contribution in [3.8, 4) is 0 Å². The van der Waals surface area contributed by atoms with Crippen molar-refractivity contribution in [1.29, 1.82) is 0 Å². The van der Waals surface area contributed by atoms with E-state index < -0.39 is 40.0 Å². The number of ether oxygens (including phenoxy) is 2. The number of unbranched alkanes of at least 4 members (excludes halogenated alkanes) is 23. The molecule has 0 bridgehead atoms. The maximum atomic E-state index is 12.7. The molecular formula is C41H84AsNO9P+. The van der Waals surface area contributed by atoms with E-state index in [4.69, 9.17) is 18.5 Å². The molecule has 2 atom stereocenters. The molecule has 0 aromatic carbocycles. The summed E-state index contributed by atoms with van der Waals surface area (Å²) in [4.78, 5) is 35.3. The summed E-state index contributed by atoms with van der Waals surface area (Å²) in [6.45, 7) is 2.14. The molecule has 0 aromatic heterocycles. The van der Waals surface area contributed by atoms with Gasteiger partial charge in [0.1, 0.15) is 19.8 Å². The molecule has 1 N–H and O–H groups in total. The van der Waals surface area contributed by atoms with Crippen molar-refractivity contribution in [2.45, 2.75) is 203 Å². The molecule has 0 radical (unpaired) electrons. The molecule has 0 saturated carbocycles. The normalized spacial score (nSPS) is 13.9. The molecule has 0 saturated heterocycles. The van der Waals surface area contributed by atoms with Crippen LogP contribution in [0.15, 0.2) is 0 Å². The molecule has 316 valence electrons. The second-order valence-corrected chi connectivity index (χ2v) is 25.7. The van der Waals surface area contributed by atoms with E-state index in [1.807, 2.05) is 32.6 Å². The van der Waals surface area contributed by atoms with E-state index in [0.29, 0.717) is 17.4 Å².